The van der Waals surface area contributed by atoms with Gasteiger partial charge in [-0.05, 0) is 42.7 Å². The van der Waals surface area contributed by atoms with Gasteiger partial charge in [0.25, 0.3) is 0 Å². The van der Waals surface area contributed by atoms with E-state index >= 15 is 0 Å². The highest BCUT2D eigenvalue weighted by Gasteiger charge is 2.24. The summed E-state index contributed by atoms with van der Waals surface area (Å²) in [6, 6.07) is 6.69. The number of hydrogen-bond donors (Lipinski definition) is 1. The van der Waals surface area contributed by atoms with Crippen molar-refractivity contribution in [3.05, 3.63) is 29.3 Å². The number of fused-ring (bicyclic) bond motifs is 1. The minimum Gasteiger partial charge on any atom is -0.384 e. The molecule has 2 aliphatic heterocycles. The van der Waals surface area contributed by atoms with Gasteiger partial charge in [0, 0.05) is 51.4 Å². The Bertz CT molecular complexity index is 609. The van der Waals surface area contributed by atoms with E-state index in [9.17, 15) is 4.79 Å². The number of carbonyl (C=O) groups excluding carboxylic acids is 1. The number of para-hydroxylation sites is 1. The molecule has 4 nitrogen and oxygen atoms in total. The molecule has 1 saturated heterocycles. The minimum atomic E-state index is 0.399. The summed E-state index contributed by atoms with van der Waals surface area (Å²) < 4.78 is 0. The monoisotopic (exact) mass is 341 g/mol. The van der Waals surface area contributed by atoms with Crippen LogP contribution in [-0.2, 0) is 17.8 Å². The molecule has 4 heteroatoms. The first-order valence-corrected chi connectivity index (χ1v) is 10.1. The van der Waals surface area contributed by atoms with Gasteiger partial charge in [-0.25, -0.2) is 0 Å². The van der Waals surface area contributed by atoms with Crippen LogP contribution in [0.25, 0.3) is 0 Å². The van der Waals surface area contributed by atoms with Gasteiger partial charge in [0.1, 0.15) is 0 Å². The smallest absolute Gasteiger partial charge is 0.222 e. The number of carbonyl (C=O) groups is 1. The van der Waals surface area contributed by atoms with Gasteiger partial charge in [-0.2, -0.15) is 0 Å². The standard InChI is InChI=1S/C21H31N3O/c25-20(15-17-5-1-2-6-17)24-12-4-11-23(13-14-24)16-19-8-3-7-18-9-10-22-21(18)19/h3,7-8,17,22H,1-2,4-6,9-16H2. The highest BCUT2D eigenvalue weighted by Crippen LogP contribution is 2.29. The van der Waals surface area contributed by atoms with Gasteiger partial charge in [-0.15, -0.1) is 0 Å². The lowest BCUT2D eigenvalue weighted by atomic mass is 10.0. The molecule has 4 rings (SSSR count). The van der Waals surface area contributed by atoms with Crippen molar-refractivity contribution in [1.29, 1.82) is 0 Å². The Balaban J connectivity index is 1.32. The summed E-state index contributed by atoms with van der Waals surface area (Å²) in [5, 5.41) is 3.55. The number of rotatable bonds is 4. The summed E-state index contributed by atoms with van der Waals surface area (Å²) in [7, 11) is 0. The number of hydrogen-bond acceptors (Lipinski definition) is 3. The number of amides is 1. The van der Waals surface area contributed by atoms with Crippen molar-refractivity contribution in [1.82, 2.24) is 9.80 Å². The van der Waals surface area contributed by atoms with E-state index in [2.05, 4.69) is 33.3 Å². The Kier molecular flexibility index (Phi) is 5.25. The van der Waals surface area contributed by atoms with Crippen LogP contribution in [0.5, 0.6) is 0 Å². The zero-order chi connectivity index (χ0) is 17.1. The molecule has 1 amide bonds. The van der Waals surface area contributed by atoms with Gasteiger partial charge in [0.2, 0.25) is 5.91 Å². The van der Waals surface area contributed by atoms with Crippen LogP contribution >= 0.6 is 0 Å². The normalized spacial score (nSPS) is 21.8. The maximum Gasteiger partial charge on any atom is 0.222 e. The van der Waals surface area contributed by atoms with Crippen molar-refractivity contribution < 1.29 is 4.79 Å². The molecule has 0 unspecified atom stereocenters. The maximum absolute atomic E-state index is 12.6. The van der Waals surface area contributed by atoms with E-state index in [4.69, 9.17) is 0 Å². The molecule has 1 saturated carbocycles. The number of nitrogens with one attached hydrogen (secondary N) is 1. The van der Waals surface area contributed by atoms with Crippen LogP contribution in [0.2, 0.25) is 0 Å². The highest BCUT2D eigenvalue weighted by atomic mass is 16.2. The van der Waals surface area contributed by atoms with E-state index < -0.39 is 0 Å². The van der Waals surface area contributed by atoms with Gasteiger partial charge < -0.3 is 10.2 Å². The fourth-order valence-electron chi connectivity index (χ4n) is 4.75. The molecule has 2 heterocycles. The van der Waals surface area contributed by atoms with E-state index in [1.807, 2.05) is 0 Å². The first-order valence-electron chi connectivity index (χ1n) is 10.1. The third-order valence-corrected chi connectivity index (χ3v) is 6.21. The molecule has 1 aromatic rings. The summed E-state index contributed by atoms with van der Waals surface area (Å²) in [5.74, 6) is 1.06. The molecule has 136 valence electrons. The quantitative estimate of drug-likeness (QED) is 0.913. The average Bonchev–Trinajstić information content (AvgIpc) is 3.24. The zero-order valence-electron chi connectivity index (χ0n) is 15.3. The van der Waals surface area contributed by atoms with Gasteiger partial charge in [-0.1, -0.05) is 31.0 Å². The van der Waals surface area contributed by atoms with Crippen LogP contribution in [0.3, 0.4) is 0 Å². The Hall–Kier alpha value is -1.55. The van der Waals surface area contributed by atoms with Gasteiger partial charge in [0.05, 0.1) is 0 Å². The lowest BCUT2D eigenvalue weighted by Crippen LogP contribution is -2.35. The second-order valence-electron chi connectivity index (χ2n) is 7.99. The van der Waals surface area contributed by atoms with Crippen LogP contribution in [0, 0.1) is 5.92 Å². The summed E-state index contributed by atoms with van der Waals surface area (Å²) in [4.78, 5) is 17.3. The Morgan fingerprint density at radius 1 is 1.08 bits per heavy atom. The SMILES string of the molecule is O=C(CC1CCCC1)N1CCCN(Cc2cccc3c2NCC3)CC1. The zero-order valence-corrected chi connectivity index (χ0v) is 15.3. The molecular weight excluding hydrogens is 310 g/mol. The van der Waals surface area contributed by atoms with E-state index in [-0.39, 0.29) is 0 Å². The summed E-state index contributed by atoms with van der Waals surface area (Å²) in [5.41, 5.74) is 4.24. The van der Waals surface area contributed by atoms with E-state index in [0.29, 0.717) is 11.8 Å². The molecule has 1 aliphatic carbocycles. The van der Waals surface area contributed by atoms with E-state index in [0.717, 1.165) is 58.5 Å². The fraction of sp³-hybridized carbons (Fsp3) is 0.667. The summed E-state index contributed by atoms with van der Waals surface area (Å²) in [6.07, 6.45) is 8.19. The Morgan fingerprint density at radius 3 is 2.84 bits per heavy atom. The molecule has 25 heavy (non-hydrogen) atoms. The van der Waals surface area contributed by atoms with Crippen LogP contribution in [0.1, 0.15) is 49.7 Å². The first-order chi connectivity index (χ1) is 12.3. The molecular formula is C21H31N3O. The second kappa shape index (κ2) is 7.77. The molecule has 0 atom stereocenters. The lowest BCUT2D eigenvalue weighted by molar-refractivity contribution is -0.132. The lowest BCUT2D eigenvalue weighted by Gasteiger charge is -2.24. The van der Waals surface area contributed by atoms with Crippen molar-refractivity contribution in [2.75, 3.05) is 38.0 Å². The third kappa shape index (κ3) is 4.00. The highest BCUT2D eigenvalue weighted by molar-refractivity contribution is 5.76. The summed E-state index contributed by atoms with van der Waals surface area (Å²) in [6.45, 7) is 5.99. The molecule has 2 fully saturated rings. The third-order valence-electron chi connectivity index (χ3n) is 6.21. The molecule has 0 spiro atoms. The van der Waals surface area contributed by atoms with Crippen molar-refractivity contribution in [3.8, 4) is 0 Å². The predicted molar refractivity (Wildman–Crippen MR) is 102 cm³/mol. The van der Waals surface area contributed by atoms with E-state index in [1.165, 1.54) is 42.5 Å². The Labute approximate surface area is 151 Å². The van der Waals surface area contributed by atoms with E-state index in [1.54, 1.807) is 0 Å². The Morgan fingerprint density at radius 2 is 1.96 bits per heavy atom. The minimum absolute atomic E-state index is 0.399. The van der Waals surface area contributed by atoms with Crippen LogP contribution < -0.4 is 5.32 Å². The molecule has 0 aromatic heterocycles. The van der Waals surface area contributed by atoms with Crippen LogP contribution in [-0.4, -0.2) is 48.4 Å². The van der Waals surface area contributed by atoms with Gasteiger partial charge in [0.15, 0.2) is 0 Å². The molecule has 3 aliphatic rings. The van der Waals surface area contributed by atoms with Crippen LogP contribution in [0.4, 0.5) is 5.69 Å². The van der Waals surface area contributed by atoms with Crippen molar-refractivity contribution in [2.24, 2.45) is 5.92 Å². The predicted octanol–water partition coefficient (Wildman–Crippen LogP) is 3.27. The van der Waals surface area contributed by atoms with Gasteiger partial charge >= 0.3 is 0 Å². The topological polar surface area (TPSA) is 35.6 Å². The number of benzene rings is 1. The van der Waals surface area contributed by atoms with Gasteiger partial charge in [-0.3, -0.25) is 9.69 Å². The second-order valence-corrected chi connectivity index (χ2v) is 7.99. The van der Waals surface area contributed by atoms with Crippen LogP contribution in [0.15, 0.2) is 18.2 Å². The maximum atomic E-state index is 12.6. The molecule has 0 radical (unpaired) electrons. The van der Waals surface area contributed by atoms with Crippen molar-refractivity contribution in [3.63, 3.8) is 0 Å². The number of nitrogens with zero attached hydrogens (tertiary/aromatic N) is 2. The number of anilines is 1. The summed E-state index contributed by atoms with van der Waals surface area (Å²) >= 11 is 0. The molecule has 0 bridgehead atoms. The molecule has 1 N–H and O–H groups in total. The van der Waals surface area contributed by atoms with Crippen molar-refractivity contribution in [2.45, 2.75) is 51.5 Å². The fourth-order valence-corrected chi connectivity index (χ4v) is 4.75. The first kappa shape index (κ1) is 16.9. The average molecular weight is 341 g/mol. The molecule has 1 aromatic carbocycles. The largest absolute Gasteiger partial charge is 0.384 e. The van der Waals surface area contributed by atoms with Crippen molar-refractivity contribution >= 4 is 11.6 Å².